The molecule has 6 nitrogen and oxygen atoms in total. The lowest BCUT2D eigenvalue weighted by molar-refractivity contribution is -0.137. The van der Waals surface area contributed by atoms with Crippen molar-refractivity contribution >= 4 is 34.1 Å². The molecule has 0 saturated heterocycles. The summed E-state index contributed by atoms with van der Waals surface area (Å²) in [5, 5.41) is 14.6. The van der Waals surface area contributed by atoms with Gasteiger partial charge in [0.25, 0.3) is 5.91 Å². The van der Waals surface area contributed by atoms with Gasteiger partial charge in [0.15, 0.2) is 0 Å². The number of carbonyl (C=O) groups excluding carboxylic acids is 2. The average molecular weight is 340 g/mol. The number of nitrogens with one attached hydrogen (secondary N) is 2. The van der Waals surface area contributed by atoms with Crippen molar-refractivity contribution in [1.82, 2.24) is 5.32 Å². The Morgan fingerprint density at radius 3 is 2.43 bits per heavy atom. The van der Waals surface area contributed by atoms with Gasteiger partial charge in [0.1, 0.15) is 5.00 Å². The van der Waals surface area contributed by atoms with Crippen molar-refractivity contribution in [3.05, 3.63) is 16.5 Å². The van der Waals surface area contributed by atoms with Crippen LogP contribution in [-0.4, -0.2) is 29.4 Å². The summed E-state index contributed by atoms with van der Waals surface area (Å²) in [7, 11) is 0. The number of hydrogen-bond donors (Lipinski definition) is 3. The maximum absolute atomic E-state index is 12.3. The summed E-state index contributed by atoms with van der Waals surface area (Å²) in [5.41, 5.74) is -0.120. The van der Waals surface area contributed by atoms with Gasteiger partial charge in [0.2, 0.25) is 5.91 Å². The zero-order valence-electron chi connectivity index (χ0n) is 14.0. The van der Waals surface area contributed by atoms with Gasteiger partial charge in [-0.3, -0.25) is 14.4 Å². The maximum atomic E-state index is 12.3. The summed E-state index contributed by atoms with van der Waals surface area (Å²) in [5.74, 6) is -1.33. The highest BCUT2D eigenvalue weighted by Gasteiger charge is 2.24. The lowest BCUT2D eigenvalue weighted by Gasteiger charge is -2.17. The molecule has 0 unspecified atom stereocenters. The van der Waals surface area contributed by atoms with E-state index in [9.17, 15) is 14.4 Å². The van der Waals surface area contributed by atoms with E-state index in [4.69, 9.17) is 5.11 Å². The summed E-state index contributed by atoms with van der Waals surface area (Å²) < 4.78 is 0. The fourth-order valence-electron chi connectivity index (χ4n) is 1.71. The minimum absolute atomic E-state index is 0.0117. The van der Waals surface area contributed by atoms with Crippen molar-refractivity contribution in [2.75, 3.05) is 11.9 Å². The van der Waals surface area contributed by atoms with Crippen molar-refractivity contribution in [1.29, 1.82) is 0 Å². The molecule has 1 aromatic rings. The topological polar surface area (TPSA) is 95.5 Å². The van der Waals surface area contributed by atoms with E-state index in [1.165, 1.54) is 11.3 Å². The summed E-state index contributed by atoms with van der Waals surface area (Å²) in [6.45, 7) is 7.69. The Morgan fingerprint density at radius 1 is 1.26 bits per heavy atom. The third-order valence-electron chi connectivity index (χ3n) is 3.14. The second-order valence-electron chi connectivity index (χ2n) is 6.27. The van der Waals surface area contributed by atoms with Crippen LogP contribution in [0.2, 0.25) is 0 Å². The highest BCUT2D eigenvalue weighted by atomic mass is 32.1. The molecule has 1 rings (SSSR count). The van der Waals surface area contributed by atoms with E-state index in [2.05, 4.69) is 10.6 Å². The highest BCUT2D eigenvalue weighted by Crippen LogP contribution is 2.30. The number of carboxylic acid groups (broad SMARTS) is 1. The third-order valence-corrected chi connectivity index (χ3v) is 4.33. The summed E-state index contributed by atoms with van der Waals surface area (Å²) in [4.78, 5) is 35.9. The van der Waals surface area contributed by atoms with Crippen molar-refractivity contribution in [2.24, 2.45) is 5.41 Å². The molecule has 0 atom stereocenters. The summed E-state index contributed by atoms with van der Waals surface area (Å²) >= 11 is 1.39. The first kappa shape index (κ1) is 19.2. The molecule has 0 saturated carbocycles. The molecule has 0 aliphatic carbocycles. The predicted molar refractivity (Wildman–Crippen MR) is 91.0 cm³/mol. The lowest BCUT2D eigenvalue weighted by atomic mass is 9.96. The van der Waals surface area contributed by atoms with Crippen LogP contribution in [-0.2, 0) is 16.0 Å². The summed E-state index contributed by atoms with van der Waals surface area (Å²) in [6, 6.07) is 1.77. The highest BCUT2D eigenvalue weighted by molar-refractivity contribution is 7.16. The number of aliphatic carboxylic acids is 1. The molecule has 3 N–H and O–H groups in total. The molecule has 7 heteroatoms. The van der Waals surface area contributed by atoms with E-state index in [-0.39, 0.29) is 24.8 Å². The maximum Gasteiger partial charge on any atom is 0.303 e. The van der Waals surface area contributed by atoms with Gasteiger partial charge in [-0.2, -0.15) is 0 Å². The molecule has 128 valence electrons. The van der Waals surface area contributed by atoms with E-state index >= 15 is 0 Å². The number of rotatable bonds is 7. The zero-order chi connectivity index (χ0) is 17.6. The van der Waals surface area contributed by atoms with E-state index in [1.54, 1.807) is 6.07 Å². The van der Waals surface area contributed by atoms with Crippen LogP contribution in [0.15, 0.2) is 6.07 Å². The first-order valence-electron chi connectivity index (χ1n) is 7.59. The largest absolute Gasteiger partial charge is 0.481 e. The molecule has 0 aromatic carbocycles. The van der Waals surface area contributed by atoms with Crippen molar-refractivity contribution in [3.8, 4) is 0 Å². The van der Waals surface area contributed by atoms with Gasteiger partial charge >= 0.3 is 5.97 Å². The standard InChI is InChI=1S/C16H24N2O4S/c1-5-10-9-11(13(21)17-8-6-7-12(19)20)14(23-10)18-15(22)16(2,3)4/h9H,5-8H2,1-4H3,(H,17,21)(H,18,22)(H,19,20). The SMILES string of the molecule is CCc1cc(C(=O)NCCCC(=O)O)c(NC(=O)C(C)(C)C)s1. The van der Waals surface area contributed by atoms with Crippen LogP contribution < -0.4 is 10.6 Å². The van der Waals surface area contributed by atoms with E-state index in [1.807, 2.05) is 27.7 Å². The Kier molecular flexibility index (Phi) is 6.75. The molecule has 1 heterocycles. The monoisotopic (exact) mass is 340 g/mol. The van der Waals surface area contributed by atoms with Crippen LogP contribution in [0.5, 0.6) is 0 Å². The van der Waals surface area contributed by atoms with Gasteiger partial charge < -0.3 is 15.7 Å². The molecular weight excluding hydrogens is 316 g/mol. The minimum Gasteiger partial charge on any atom is -0.481 e. The number of thiophene rings is 1. The normalized spacial score (nSPS) is 11.1. The van der Waals surface area contributed by atoms with Crippen LogP contribution in [0, 0.1) is 5.41 Å². The van der Waals surface area contributed by atoms with Gasteiger partial charge in [0.05, 0.1) is 5.56 Å². The number of hydrogen-bond acceptors (Lipinski definition) is 4. The molecule has 0 radical (unpaired) electrons. The molecule has 1 aromatic heterocycles. The smallest absolute Gasteiger partial charge is 0.303 e. The fourth-order valence-corrected chi connectivity index (χ4v) is 2.69. The second-order valence-corrected chi connectivity index (χ2v) is 7.40. The Labute approximate surface area is 140 Å². The van der Waals surface area contributed by atoms with Gasteiger partial charge in [-0.1, -0.05) is 27.7 Å². The molecule has 0 aliphatic rings. The Morgan fingerprint density at radius 2 is 1.91 bits per heavy atom. The summed E-state index contributed by atoms with van der Waals surface area (Å²) in [6.07, 6.45) is 1.16. The lowest BCUT2D eigenvalue weighted by Crippen LogP contribution is -2.29. The van der Waals surface area contributed by atoms with Gasteiger partial charge in [0, 0.05) is 23.3 Å². The number of carboxylic acids is 1. The van der Waals surface area contributed by atoms with E-state index in [0.29, 0.717) is 17.0 Å². The second kappa shape index (κ2) is 8.10. The molecular formula is C16H24N2O4S. The molecule has 0 bridgehead atoms. The zero-order valence-corrected chi connectivity index (χ0v) is 14.8. The number of aryl methyl sites for hydroxylation is 1. The quantitative estimate of drug-likeness (QED) is 0.665. The fraction of sp³-hybridized carbons (Fsp3) is 0.562. The van der Waals surface area contributed by atoms with Crippen LogP contribution in [0.3, 0.4) is 0 Å². The van der Waals surface area contributed by atoms with Gasteiger partial charge in [-0.05, 0) is 18.9 Å². The van der Waals surface area contributed by atoms with Crippen molar-refractivity contribution < 1.29 is 19.5 Å². The molecule has 2 amide bonds. The molecule has 0 aliphatic heterocycles. The average Bonchev–Trinajstić information content (AvgIpc) is 2.85. The first-order valence-corrected chi connectivity index (χ1v) is 8.41. The van der Waals surface area contributed by atoms with Crippen LogP contribution in [0.25, 0.3) is 0 Å². The predicted octanol–water partition coefficient (Wildman–Crippen LogP) is 2.89. The third kappa shape index (κ3) is 6.02. The molecule has 0 spiro atoms. The Bertz CT molecular complexity index is 587. The number of amides is 2. The van der Waals surface area contributed by atoms with Crippen LogP contribution >= 0.6 is 11.3 Å². The minimum atomic E-state index is -0.888. The molecule has 23 heavy (non-hydrogen) atoms. The van der Waals surface area contributed by atoms with Gasteiger partial charge in [-0.15, -0.1) is 11.3 Å². The van der Waals surface area contributed by atoms with Crippen LogP contribution in [0.1, 0.15) is 55.8 Å². The van der Waals surface area contributed by atoms with Gasteiger partial charge in [-0.25, -0.2) is 0 Å². The number of carbonyl (C=O) groups is 3. The number of anilines is 1. The Balaban J connectivity index is 2.80. The van der Waals surface area contributed by atoms with E-state index < -0.39 is 11.4 Å². The van der Waals surface area contributed by atoms with Crippen LogP contribution in [0.4, 0.5) is 5.00 Å². The Hall–Kier alpha value is -1.89. The van der Waals surface area contributed by atoms with E-state index in [0.717, 1.165) is 11.3 Å². The molecule has 0 fully saturated rings. The van der Waals surface area contributed by atoms with Crippen molar-refractivity contribution in [3.63, 3.8) is 0 Å². The van der Waals surface area contributed by atoms with Crippen molar-refractivity contribution in [2.45, 2.75) is 47.0 Å². The first-order chi connectivity index (χ1) is 10.6.